The van der Waals surface area contributed by atoms with Crippen LogP contribution >= 0.6 is 11.6 Å². The van der Waals surface area contributed by atoms with E-state index < -0.39 is 6.10 Å². The monoisotopic (exact) mass is 406 g/mol. The van der Waals surface area contributed by atoms with Gasteiger partial charge >= 0.3 is 0 Å². The molecule has 1 aromatic carbocycles. The number of para-hydroxylation sites is 1. The van der Waals surface area contributed by atoms with Gasteiger partial charge in [-0.05, 0) is 26.0 Å². The number of halogens is 1. The van der Waals surface area contributed by atoms with E-state index in [0.29, 0.717) is 37.6 Å². The van der Waals surface area contributed by atoms with Gasteiger partial charge in [0.2, 0.25) is 0 Å². The predicted octanol–water partition coefficient (Wildman–Crippen LogP) is 1.79. The smallest absolute Gasteiger partial charge is 0.292 e. The zero-order valence-electron chi connectivity index (χ0n) is 16.3. The van der Waals surface area contributed by atoms with E-state index in [-0.39, 0.29) is 16.7 Å². The van der Waals surface area contributed by atoms with Crippen molar-refractivity contribution < 1.29 is 9.84 Å². The third kappa shape index (κ3) is 5.11. The Balaban J connectivity index is 1.62. The lowest BCUT2D eigenvalue weighted by molar-refractivity contribution is -0.00899. The van der Waals surface area contributed by atoms with E-state index in [2.05, 4.69) is 14.9 Å². The number of hydrogen-bond donors (Lipinski definition) is 1. The normalized spacial score (nSPS) is 16.5. The average molecular weight is 407 g/mol. The molecule has 1 saturated heterocycles. The highest BCUT2D eigenvalue weighted by Crippen LogP contribution is 2.23. The molecule has 1 atom stereocenters. The molecule has 152 valence electrons. The number of anilines is 1. The van der Waals surface area contributed by atoms with Gasteiger partial charge in [0, 0.05) is 32.7 Å². The first-order valence-electron chi connectivity index (χ1n) is 9.56. The molecule has 7 nitrogen and oxygen atoms in total. The van der Waals surface area contributed by atoms with Gasteiger partial charge in [0.1, 0.15) is 5.02 Å². The molecule has 1 aliphatic rings. The fraction of sp³-hybridized carbons (Fsp3) is 0.500. The Morgan fingerprint density at radius 3 is 2.50 bits per heavy atom. The lowest BCUT2D eigenvalue weighted by Gasteiger charge is -2.37. The Bertz CT molecular complexity index is 820. The molecule has 0 saturated carbocycles. The van der Waals surface area contributed by atoms with Crippen LogP contribution in [0.2, 0.25) is 5.02 Å². The largest absolute Gasteiger partial charge is 0.389 e. The van der Waals surface area contributed by atoms with Crippen LogP contribution in [0, 0.1) is 0 Å². The summed E-state index contributed by atoms with van der Waals surface area (Å²) in [4.78, 5) is 16.9. The topological polar surface area (TPSA) is 70.8 Å². The van der Waals surface area contributed by atoms with Gasteiger partial charge in [-0.2, -0.15) is 9.78 Å². The van der Waals surface area contributed by atoms with Crippen molar-refractivity contribution in [3.8, 4) is 5.69 Å². The second-order valence-electron chi connectivity index (χ2n) is 7.22. The molecule has 0 amide bonds. The fourth-order valence-corrected chi connectivity index (χ4v) is 3.47. The molecule has 0 aliphatic carbocycles. The Morgan fingerprint density at radius 1 is 1.18 bits per heavy atom. The SMILES string of the molecule is CC(C)OCC(O)CN1CCN(c2cnn(-c3ccccc3)c(=O)c2Cl)CC1. The lowest BCUT2D eigenvalue weighted by Crippen LogP contribution is -2.49. The Labute approximate surface area is 170 Å². The summed E-state index contributed by atoms with van der Waals surface area (Å²) in [6.45, 7) is 7.80. The van der Waals surface area contributed by atoms with Crippen molar-refractivity contribution in [1.29, 1.82) is 0 Å². The number of aliphatic hydroxyl groups excluding tert-OH is 1. The van der Waals surface area contributed by atoms with E-state index in [4.69, 9.17) is 16.3 Å². The van der Waals surface area contributed by atoms with Crippen molar-refractivity contribution in [1.82, 2.24) is 14.7 Å². The predicted molar refractivity (Wildman–Crippen MR) is 111 cm³/mol. The van der Waals surface area contributed by atoms with Gasteiger partial charge in [-0.15, -0.1) is 0 Å². The molecule has 2 aromatic rings. The molecule has 8 heteroatoms. The number of hydrogen-bond acceptors (Lipinski definition) is 6. The Kier molecular flexibility index (Phi) is 7.07. The summed E-state index contributed by atoms with van der Waals surface area (Å²) in [5.74, 6) is 0. The van der Waals surface area contributed by atoms with Crippen LogP contribution in [-0.2, 0) is 4.74 Å². The van der Waals surface area contributed by atoms with E-state index in [9.17, 15) is 9.90 Å². The van der Waals surface area contributed by atoms with Crippen LogP contribution in [0.3, 0.4) is 0 Å². The van der Waals surface area contributed by atoms with E-state index >= 15 is 0 Å². The number of nitrogens with zero attached hydrogens (tertiary/aromatic N) is 4. The van der Waals surface area contributed by atoms with Gasteiger partial charge in [-0.25, -0.2) is 0 Å². The quantitative estimate of drug-likeness (QED) is 0.756. The minimum Gasteiger partial charge on any atom is -0.389 e. The maximum Gasteiger partial charge on any atom is 0.292 e. The van der Waals surface area contributed by atoms with Crippen molar-refractivity contribution in [3.63, 3.8) is 0 Å². The highest BCUT2D eigenvalue weighted by molar-refractivity contribution is 6.33. The summed E-state index contributed by atoms with van der Waals surface area (Å²) >= 11 is 6.39. The number of ether oxygens (including phenoxy) is 1. The summed E-state index contributed by atoms with van der Waals surface area (Å²) in [5.41, 5.74) is 1.01. The van der Waals surface area contributed by atoms with Crippen LogP contribution in [0.4, 0.5) is 5.69 Å². The average Bonchev–Trinajstić information content (AvgIpc) is 2.70. The number of rotatable bonds is 7. The third-order valence-electron chi connectivity index (χ3n) is 4.71. The van der Waals surface area contributed by atoms with Crippen LogP contribution in [0.5, 0.6) is 0 Å². The van der Waals surface area contributed by atoms with Crippen LogP contribution in [0.15, 0.2) is 41.3 Å². The van der Waals surface area contributed by atoms with E-state index in [0.717, 1.165) is 13.1 Å². The minimum atomic E-state index is -0.506. The summed E-state index contributed by atoms with van der Waals surface area (Å²) in [6.07, 6.45) is 1.26. The molecular weight excluding hydrogens is 380 g/mol. The van der Waals surface area contributed by atoms with Gasteiger partial charge in [-0.3, -0.25) is 9.69 Å². The van der Waals surface area contributed by atoms with E-state index in [1.807, 2.05) is 44.2 Å². The number of β-amino-alcohol motifs (C(OH)–C–C–N with tert-alkyl or cyclic N) is 1. The molecule has 1 fully saturated rings. The van der Waals surface area contributed by atoms with Gasteiger partial charge in [0.15, 0.2) is 0 Å². The molecule has 1 aliphatic heterocycles. The molecule has 1 aromatic heterocycles. The maximum absolute atomic E-state index is 12.7. The van der Waals surface area contributed by atoms with Gasteiger partial charge < -0.3 is 14.7 Å². The molecule has 28 heavy (non-hydrogen) atoms. The van der Waals surface area contributed by atoms with Crippen LogP contribution < -0.4 is 10.5 Å². The summed E-state index contributed by atoms with van der Waals surface area (Å²) in [6, 6.07) is 9.22. The highest BCUT2D eigenvalue weighted by atomic mass is 35.5. The fourth-order valence-electron chi connectivity index (χ4n) is 3.22. The molecule has 0 radical (unpaired) electrons. The molecule has 1 N–H and O–H groups in total. The number of benzene rings is 1. The minimum absolute atomic E-state index is 0.110. The van der Waals surface area contributed by atoms with Gasteiger partial charge in [0.05, 0.1) is 36.4 Å². The van der Waals surface area contributed by atoms with Crippen molar-refractivity contribution in [2.75, 3.05) is 44.2 Å². The Hall–Kier alpha value is -1.93. The van der Waals surface area contributed by atoms with Gasteiger partial charge in [0.25, 0.3) is 5.56 Å². The molecule has 3 rings (SSSR count). The second kappa shape index (κ2) is 9.52. The molecule has 0 spiro atoms. The molecular formula is C20H27ClN4O3. The molecule has 2 heterocycles. The summed E-state index contributed by atoms with van der Waals surface area (Å²) < 4.78 is 6.77. The van der Waals surface area contributed by atoms with E-state index in [1.165, 1.54) is 4.68 Å². The first-order valence-corrected chi connectivity index (χ1v) is 9.93. The molecule has 0 bridgehead atoms. The highest BCUT2D eigenvalue weighted by Gasteiger charge is 2.23. The van der Waals surface area contributed by atoms with Crippen molar-refractivity contribution in [2.45, 2.75) is 26.1 Å². The number of aromatic nitrogens is 2. The summed E-state index contributed by atoms with van der Waals surface area (Å²) in [5, 5.41) is 14.6. The lowest BCUT2D eigenvalue weighted by atomic mass is 10.2. The van der Waals surface area contributed by atoms with Crippen molar-refractivity contribution in [2.24, 2.45) is 0 Å². The second-order valence-corrected chi connectivity index (χ2v) is 7.60. The van der Waals surface area contributed by atoms with E-state index in [1.54, 1.807) is 6.20 Å². The van der Waals surface area contributed by atoms with Crippen molar-refractivity contribution >= 4 is 17.3 Å². The maximum atomic E-state index is 12.7. The number of aliphatic hydroxyl groups is 1. The first-order chi connectivity index (χ1) is 13.5. The van der Waals surface area contributed by atoms with Gasteiger partial charge in [-0.1, -0.05) is 29.8 Å². The summed E-state index contributed by atoms with van der Waals surface area (Å²) in [7, 11) is 0. The van der Waals surface area contributed by atoms with Crippen molar-refractivity contribution in [3.05, 3.63) is 51.9 Å². The van der Waals surface area contributed by atoms with Crippen LogP contribution in [-0.4, -0.2) is 71.3 Å². The number of piperazine rings is 1. The zero-order valence-corrected chi connectivity index (χ0v) is 17.0. The zero-order chi connectivity index (χ0) is 20.1. The standard InChI is InChI=1S/C20H27ClN4O3/c1-15(2)28-14-17(26)13-23-8-10-24(11-9-23)18-12-22-25(20(27)19(18)21)16-6-4-3-5-7-16/h3-7,12,15,17,26H,8-11,13-14H2,1-2H3. The van der Waals surface area contributed by atoms with Crippen LogP contribution in [0.1, 0.15) is 13.8 Å². The third-order valence-corrected chi connectivity index (χ3v) is 5.06. The molecule has 1 unspecified atom stereocenters. The Morgan fingerprint density at radius 2 is 1.86 bits per heavy atom. The first kappa shape index (κ1) is 20.8. The van der Waals surface area contributed by atoms with Crippen LogP contribution in [0.25, 0.3) is 5.69 Å².